The van der Waals surface area contributed by atoms with Gasteiger partial charge in [0.1, 0.15) is 6.04 Å². The van der Waals surface area contributed by atoms with Gasteiger partial charge in [-0.3, -0.25) is 9.59 Å². The Morgan fingerprint density at radius 3 is 1.82 bits per heavy atom. The molecule has 142 valence electrons. The van der Waals surface area contributed by atoms with Crippen molar-refractivity contribution >= 4 is 23.4 Å². The van der Waals surface area contributed by atoms with Crippen LogP contribution in [0.25, 0.3) is 0 Å². The van der Waals surface area contributed by atoms with Crippen LogP contribution in [0.2, 0.25) is 5.02 Å². The molecule has 3 aromatic rings. The number of benzene rings is 3. The second-order valence-corrected chi connectivity index (χ2v) is 6.92. The van der Waals surface area contributed by atoms with E-state index < -0.39 is 17.9 Å². The van der Waals surface area contributed by atoms with Gasteiger partial charge < -0.3 is 11.1 Å². The Bertz CT molecular complexity index is 906. The maximum atomic E-state index is 13.2. The molecule has 2 amide bonds. The zero-order valence-electron chi connectivity index (χ0n) is 15.2. The van der Waals surface area contributed by atoms with Crippen molar-refractivity contribution in [3.8, 4) is 0 Å². The third-order valence-corrected chi connectivity index (χ3v) is 4.94. The summed E-state index contributed by atoms with van der Waals surface area (Å²) in [5.74, 6) is -1.43. The fourth-order valence-corrected chi connectivity index (χ4v) is 3.36. The average molecular weight is 393 g/mol. The SMILES string of the molecule is NC(=O)[C@H](Cc1ccccc1Cl)NC(=O)C(c1ccccc1)c1ccccc1. The summed E-state index contributed by atoms with van der Waals surface area (Å²) in [6.45, 7) is 0. The van der Waals surface area contributed by atoms with Crippen LogP contribution < -0.4 is 11.1 Å². The van der Waals surface area contributed by atoms with Crippen molar-refractivity contribution in [2.24, 2.45) is 5.73 Å². The molecule has 1 atom stereocenters. The number of carbonyl (C=O) groups is 2. The van der Waals surface area contributed by atoms with Crippen LogP contribution in [0.15, 0.2) is 84.9 Å². The normalized spacial score (nSPS) is 11.8. The predicted octanol–water partition coefficient (Wildman–Crippen LogP) is 3.68. The number of amides is 2. The Kier molecular flexibility index (Phi) is 6.45. The molecule has 3 aromatic carbocycles. The highest BCUT2D eigenvalue weighted by atomic mass is 35.5. The van der Waals surface area contributed by atoms with Gasteiger partial charge in [-0.1, -0.05) is 90.5 Å². The third kappa shape index (κ3) is 4.78. The molecule has 0 aliphatic rings. The second-order valence-electron chi connectivity index (χ2n) is 6.51. The van der Waals surface area contributed by atoms with Crippen LogP contribution >= 0.6 is 11.6 Å². The van der Waals surface area contributed by atoms with E-state index in [1.807, 2.05) is 78.9 Å². The molecule has 0 heterocycles. The van der Waals surface area contributed by atoms with E-state index in [1.54, 1.807) is 6.07 Å². The lowest BCUT2D eigenvalue weighted by molar-refractivity contribution is -0.127. The average Bonchev–Trinajstić information content (AvgIpc) is 2.71. The highest BCUT2D eigenvalue weighted by Crippen LogP contribution is 2.25. The zero-order valence-corrected chi connectivity index (χ0v) is 16.0. The van der Waals surface area contributed by atoms with Crippen LogP contribution in [0.5, 0.6) is 0 Å². The molecule has 0 saturated heterocycles. The van der Waals surface area contributed by atoms with E-state index in [9.17, 15) is 9.59 Å². The first-order valence-corrected chi connectivity index (χ1v) is 9.37. The molecule has 0 unspecified atom stereocenters. The second kappa shape index (κ2) is 9.20. The molecular weight excluding hydrogens is 372 g/mol. The van der Waals surface area contributed by atoms with Crippen LogP contribution in [0.3, 0.4) is 0 Å². The molecule has 0 aliphatic carbocycles. The Balaban J connectivity index is 1.87. The summed E-state index contributed by atoms with van der Waals surface area (Å²) in [4.78, 5) is 25.2. The molecule has 0 spiro atoms. The summed E-state index contributed by atoms with van der Waals surface area (Å²) in [6.07, 6.45) is 0.233. The molecule has 0 bridgehead atoms. The van der Waals surface area contributed by atoms with E-state index in [2.05, 4.69) is 5.32 Å². The zero-order chi connectivity index (χ0) is 19.9. The van der Waals surface area contributed by atoms with Crippen LogP contribution in [-0.2, 0) is 16.0 Å². The van der Waals surface area contributed by atoms with Crippen molar-refractivity contribution in [3.05, 3.63) is 107 Å². The molecule has 3 rings (SSSR count). The number of nitrogens with one attached hydrogen (secondary N) is 1. The van der Waals surface area contributed by atoms with E-state index in [4.69, 9.17) is 17.3 Å². The first kappa shape index (κ1) is 19.6. The number of rotatable bonds is 7. The predicted molar refractivity (Wildman–Crippen MR) is 111 cm³/mol. The lowest BCUT2D eigenvalue weighted by Gasteiger charge is -2.22. The fourth-order valence-electron chi connectivity index (χ4n) is 3.15. The Hall–Kier alpha value is -3.11. The summed E-state index contributed by atoms with van der Waals surface area (Å²) in [5.41, 5.74) is 8.00. The van der Waals surface area contributed by atoms with Crippen LogP contribution in [0, 0.1) is 0 Å². The molecule has 0 radical (unpaired) electrons. The van der Waals surface area contributed by atoms with Crippen molar-refractivity contribution in [2.75, 3.05) is 0 Å². The molecule has 28 heavy (non-hydrogen) atoms. The van der Waals surface area contributed by atoms with Crippen molar-refractivity contribution in [1.29, 1.82) is 0 Å². The lowest BCUT2D eigenvalue weighted by Crippen LogP contribution is -2.47. The van der Waals surface area contributed by atoms with Crippen molar-refractivity contribution < 1.29 is 9.59 Å². The monoisotopic (exact) mass is 392 g/mol. The van der Waals surface area contributed by atoms with Gasteiger partial charge in [-0.25, -0.2) is 0 Å². The molecule has 0 aliphatic heterocycles. The molecule has 0 fully saturated rings. The van der Waals surface area contributed by atoms with E-state index in [0.717, 1.165) is 16.7 Å². The number of hydrogen-bond acceptors (Lipinski definition) is 2. The van der Waals surface area contributed by atoms with Gasteiger partial charge in [0, 0.05) is 11.4 Å². The standard InChI is InChI=1S/C23H21ClN2O2/c24-19-14-8-7-13-18(19)15-20(22(25)27)26-23(28)21(16-9-3-1-4-10-16)17-11-5-2-6-12-17/h1-14,20-21H,15H2,(H2,25,27)(H,26,28)/t20-/m0/s1. The number of nitrogens with two attached hydrogens (primary N) is 1. The van der Waals surface area contributed by atoms with E-state index >= 15 is 0 Å². The number of carbonyl (C=O) groups excluding carboxylic acids is 2. The Morgan fingerprint density at radius 2 is 1.32 bits per heavy atom. The molecular formula is C23H21ClN2O2. The topological polar surface area (TPSA) is 72.2 Å². The van der Waals surface area contributed by atoms with E-state index in [0.29, 0.717) is 5.02 Å². The highest BCUT2D eigenvalue weighted by Gasteiger charge is 2.27. The third-order valence-electron chi connectivity index (χ3n) is 4.57. The Labute approximate surface area is 169 Å². The van der Waals surface area contributed by atoms with E-state index in [-0.39, 0.29) is 12.3 Å². The Morgan fingerprint density at radius 1 is 0.821 bits per heavy atom. The smallest absolute Gasteiger partial charge is 0.240 e. The summed E-state index contributed by atoms with van der Waals surface area (Å²) < 4.78 is 0. The maximum absolute atomic E-state index is 13.2. The van der Waals surface area contributed by atoms with Crippen LogP contribution in [0.1, 0.15) is 22.6 Å². The van der Waals surface area contributed by atoms with Crippen molar-refractivity contribution in [2.45, 2.75) is 18.4 Å². The van der Waals surface area contributed by atoms with E-state index in [1.165, 1.54) is 0 Å². The maximum Gasteiger partial charge on any atom is 0.240 e. The minimum absolute atomic E-state index is 0.233. The van der Waals surface area contributed by atoms with Gasteiger partial charge in [-0.15, -0.1) is 0 Å². The van der Waals surface area contributed by atoms with Gasteiger partial charge in [0.05, 0.1) is 5.92 Å². The molecule has 3 N–H and O–H groups in total. The lowest BCUT2D eigenvalue weighted by atomic mass is 9.90. The molecule has 0 aromatic heterocycles. The summed E-state index contributed by atoms with van der Waals surface area (Å²) >= 11 is 6.20. The van der Waals surface area contributed by atoms with Gasteiger partial charge >= 0.3 is 0 Å². The number of halogens is 1. The largest absolute Gasteiger partial charge is 0.368 e. The summed E-state index contributed by atoms with van der Waals surface area (Å²) in [7, 11) is 0. The van der Waals surface area contributed by atoms with Gasteiger partial charge in [-0.2, -0.15) is 0 Å². The van der Waals surface area contributed by atoms with Crippen molar-refractivity contribution in [3.63, 3.8) is 0 Å². The number of hydrogen-bond donors (Lipinski definition) is 2. The molecule has 0 saturated carbocycles. The summed E-state index contributed by atoms with van der Waals surface area (Å²) in [5, 5.41) is 3.35. The first-order chi connectivity index (χ1) is 13.6. The molecule has 5 heteroatoms. The van der Waals surface area contributed by atoms with Crippen molar-refractivity contribution in [1.82, 2.24) is 5.32 Å². The van der Waals surface area contributed by atoms with Gasteiger partial charge in [0.15, 0.2) is 0 Å². The minimum atomic E-state index is -0.859. The van der Waals surface area contributed by atoms with Gasteiger partial charge in [0.25, 0.3) is 0 Å². The van der Waals surface area contributed by atoms with Crippen LogP contribution in [0.4, 0.5) is 0 Å². The quantitative estimate of drug-likeness (QED) is 0.643. The van der Waals surface area contributed by atoms with Gasteiger partial charge in [0.2, 0.25) is 11.8 Å². The van der Waals surface area contributed by atoms with Gasteiger partial charge in [-0.05, 0) is 22.8 Å². The number of primary amides is 1. The highest BCUT2D eigenvalue weighted by molar-refractivity contribution is 6.31. The molecule has 4 nitrogen and oxygen atoms in total. The fraction of sp³-hybridized carbons (Fsp3) is 0.130. The van der Waals surface area contributed by atoms with Crippen LogP contribution in [-0.4, -0.2) is 17.9 Å². The first-order valence-electron chi connectivity index (χ1n) is 8.99. The summed E-state index contributed by atoms with van der Waals surface area (Å²) in [6, 6.07) is 25.2. The minimum Gasteiger partial charge on any atom is -0.368 e.